The normalized spacial score (nSPS) is 16.9. The molecule has 0 spiro atoms. The highest BCUT2D eigenvalue weighted by Gasteiger charge is 2.23. The highest BCUT2D eigenvalue weighted by atomic mass is 16.7. The smallest absolute Gasteiger partial charge is 0.341 e. The van der Waals surface area contributed by atoms with Crippen molar-refractivity contribution in [1.29, 1.82) is 0 Å². The SMILES string of the molecule is CN(C)CC1CCN(C(=O)NOCC(=O)O)CC1. The molecule has 7 heteroatoms. The molecular weight excluding hydrogens is 238 g/mol. The first-order valence-electron chi connectivity index (χ1n) is 6.02. The standard InChI is InChI=1S/C11H21N3O4/c1-13(2)7-9-3-5-14(6-4-9)11(17)12-18-8-10(15)16/h9H,3-8H2,1-2H3,(H,12,17)(H,15,16). The molecule has 1 saturated heterocycles. The largest absolute Gasteiger partial charge is 0.479 e. The molecule has 18 heavy (non-hydrogen) atoms. The molecule has 1 heterocycles. The maximum Gasteiger partial charge on any atom is 0.341 e. The van der Waals surface area contributed by atoms with Crippen LogP contribution in [0.5, 0.6) is 0 Å². The van der Waals surface area contributed by atoms with Gasteiger partial charge in [-0.1, -0.05) is 0 Å². The van der Waals surface area contributed by atoms with E-state index in [-0.39, 0.29) is 6.03 Å². The first kappa shape index (κ1) is 14.7. The number of amides is 2. The van der Waals surface area contributed by atoms with Crippen LogP contribution in [0.4, 0.5) is 4.79 Å². The Kier molecular flexibility index (Phi) is 5.87. The van der Waals surface area contributed by atoms with Gasteiger partial charge in [0.25, 0.3) is 0 Å². The van der Waals surface area contributed by atoms with Crippen molar-refractivity contribution in [2.45, 2.75) is 12.8 Å². The second kappa shape index (κ2) is 7.17. The number of carboxylic acid groups (broad SMARTS) is 1. The monoisotopic (exact) mass is 259 g/mol. The fourth-order valence-corrected chi connectivity index (χ4v) is 2.06. The first-order chi connectivity index (χ1) is 8.49. The fourth-order valence-electron chi connectivity index (χ4n) is 2.06. The Morgan fingerprint density at radius 3 is 2.50 bits per heavy atom. The molecule has 2 N–H and O–H groups in total. The Hall–Kier alpha value is -1.34. The number of hydroxylamine groups is 1. The van der Waals surface area contributed by atoms with Crippen molar-refractivity contribution in [2.75, 3.05) is 40.3 Å². The van der Waals surface area contributed by atoms with E-state index in [1.54, 1.807) is 4.90 Å². The molecule has 7 nitrogen and oxygen atoms in total. The van der Waals surface area contributed by atoms with Crippen LogP contribution in [0.15, 0.2) is 0 Å². The van der Waals surface area contributed by atoms with Crippen LogP contribution in [0.3, 0.4) is 0 Å². The van der Waals surface area contributed by atoms with Crippen LogP contribution in [0.1, 0.15) is 12.8 Å². The van der Waals surface area contributed by atoms with Crippen molar-refractivity contribution in [3.8, 4) is 0 Å². The van der Waals surface area contributed by atoms with Gasteiger partial charge < -0.3 is 14.9 Å². The predicted octanol–water partition coefficient (Wildman–Crippen LogP) is -0.0142. The highest BCUT2D eigenvalue weighted by Crippen LogP contribution is 2.17. The van der Waals surface area contributed by atoms with Gasteiger partial charge in [-0.2, -0.15) is 0 Å². The quantitative estimate of drug-likeness (QED) is 0.678. The van der Waals surface area contributed by atoms with Crippen LogP contribution >= 0.6 is 0 Å². The van der Waals surface area contributed by atoms with Gasteiger partial charge in [0, 0.05) is 19.6 Å². The van der Waals surface area contributed by atoms with Gasteiger partial charge in [0.15, 0.2) is 6.61 Å². The number of piperidine rings is 1. The highest BCUT2D eigenvalue weighted by molar-refractivity contribution is 5.73. The Bertz CT molecular complexity index is 288. The Labute approximate surface area is 107 Å². The minimum atomic E-state index is -1.11. The van der Waals surface area contributed by atoms with E-state index in [2.05, 4.69) is 15.2 Å². The van der Waals surface area contributed by atoms with Crippen LogP contribution in [-0.4, -0.2) is 67.2 Å². The number of aliphatic carboxylic acids is 1. The number of nitrogens with one attached hydrogen (secondary N) is 1. The number of nitrogens with zero attached hydrogens (tertiary/aromatic N) is 2. The molecule has 0 aromatic carbocycles. The first-order valence-corrected chi connectivity index (χ1v) is 6.02. The second-order valence-electron chi connectivity index (χ2n) is 4.78. The molecule has 1 aliphatic heterocycles. The summed E-state index contributed by atoms with van der Waals surface area (Å²) in [6.07, 6.45) is 1.93. The zero-order valence-electron chi connectivity index (χ0n) is 10.9. The van der Waals surface area contributed by atoms with E-state index in [1.165, 1.54) is 0 Å². The number of likely N-dealkylation sites (tertiary alicyclic amines) is 1. The maximum atomic E-state index is 11.6. The zero-order valence-corrected chi connectivity index (χ0v) is 10.9. The maximum absolute atomic E-state index is 11.6. The number of hydrogen-bond acceptors (Lipinski definition) is 4. The Morgan fingerprint density at radius 2 is 2.00 bits per heavy atom. The average molecular weight is 259 g/mol. The number of rotatable bonds is 5. The van der Waals surface area contributed by atoms with Gasteiger partial charge in [-0.15, -0.1) is 0 Å². The molecule has 1 aliphatic rings. The van der Waals surface area contributed by atoms with E-state index in [4.69, 9.17) is 5.11 Å². The van der Waals surface area contributed by atoms with Gasteiger partial charge in [0.1, 0.15) is 0 Å². The minimum absolute atomic E-state index is 0.362. The summed E-state index contributed by atoms with van der Waals surface area (Å²) in [4.78, 5) is 30.2. The molecule has 0 aliphatic carbocycles. The van der Waals surface area contributed by atoms with Crippen molar-refractivity contribution in [3.05, 3.63) is 0 Å². The molecule has 1 fully saturated rings. The second-order valence-corrected chi connectivity index (χ2v) is 4.78. The molecule has 0 saturated carbocycles. The molecule has 1 rings (SSSR count). The molecule has 0 radical (unpaired) electrons. The summed E-state index contributed by atoms with van der Waals surface area (Å²) in [6.45, 7) is 1.87. The molecule has 0 aromatic rings. The molecule has 104 valence electrons. The van der Waals surface area contributed by atoms with Crippen LogP contribution in [-0.2, 0) is 9.63 Å². The summed E-state index contributed by atoms with van der Waals surface area (Å²) >= 11 is 0. The van der Waals surface area contributed by atoms with Crippen LogP contribution in [0.2, 0.25) is 0 Å². The number of carbonyl (C=O) groups is 2. The zero-order chi connectivity index (χ0) is 13.5. The summed E-state index contributed by atoms with van der Waals surface area (Å²) in [7, 11) is 4.08. The molecule has 0 aromatic heterocycles. The van der Waals surface area contributed by atoms with Crippen molar-refractivity contribution < 1.29 is 19.5 Å². The van der Waals surface area contributed by atoms with Crippen LogP contribution < -0.4 is 5.48 Å². The number of carboxylic acids is 1. The third-order valence-corrected chi connectivity index (χ3v) is 2.88. The molecule has 0 unspecified atom stereocenters. The van der Waals surface area contributed by atoms with Crippen molar-refractivity contribution in [1.82, 2.24) is 15.3 Å². The third kappa shape index (κ3) is 5.33. The van der Waals surface area contributed by atoms with Gasteiger partial charge in [0.2, 0.25) is 0 Å². The summed E-state index contributed by atoms with van der Waals surface area (Å²) < 4.78 is 0. The van der Waals surface area contributed by atoms with Crippen molar-refractivity contribution in [3.63, 3.8) is 0 Å². The Morgan fingerprint density at radius 1 is 1.39 bits per heavy atom. The third-order valence-electron chi connectivity index (χ3n) is 2.88. The lowest BCUT2D eigenvalue weighted by atomic mass is 9.97. The topological polar surface area (TPSA) is 82.1 Å². The lowest BCUT2D eigenvalue weighted by molar-refractivity contribution is -0.144. The summed E-state index contributed by atoms with van der Waals surface area (Å²) in [5.41, 5.74) is 2.14. The predicted molar refractivity (Wildman–Crippen MR) is 65.0 cm³/mol. The Balaban J connectivity index is 2.21. The molecular formula is C11H21N3O4. The van der Waals surface area contributed by atoms with Gasteiger partial charge >= 0.3 is 12.0 Å². The average Bonchev–Trinajstić information content (AvgIpc) is 2.28. The van der Waals surface area contributed by atoms with Crippen molar-refractivity contribution in [2.24, 2.45) is 5.92 Å². The van der Waals surface area contributed by atoms with E-state index in [0.29, 0.717) is 19.0 Å². The van der Waals surface area contributed by atoms with Crippen LogP contribution in [0.25, 0.3) is 0 Å². The number of hydrogen-bond donors (Lipinski definition) is 2. The molecule has 2 amide bonds. The number of urea groups is 1. The summed E-state index contributed by atoms with van der Waals surface area (Å²) in [5, 5.41) is 8.36. The van der Waals surface area contributed by atoms with Gasteiger partial charge in [-0.3, -0.25) is 4.84 Å². The lowest BCUT2D eigenvalue weighted by Crippen LogP contribution is -2.45. The van der Waals surface area contributed by atoms with Gasteiger partial charge in [-0.25, -0.2) is 15.1 Å². The van der Waals surface area contributed by atoms with Crippen LogP contribution in [0, 0.1) is 5.92 Å². The van der Waals surface area contributed by atoms with E-state index in [9.17, 15) is 9.59 Å². The van der Waals surface area contributed by atoms with E-state index < -0.39 is 12.6 Å². The fraction of sp³-hybridized carbons (Fsp3) is 0.818. The summed E-state index contributed by atoms with van der Waals surface area (Å²) in [5.74, 6) is -0.496. The van der Waals surface area contributed by atoms with Gasteiger partial charge in [0.05, 0.1) is 0 Å². The molecule has 0 atom stereocenters. The van der Waals surface area contributed by atoms with E-state index in [0.717, 1.165) is 19.4 Å². The van der Waals surface area contributed by atoms with E-state index in [1.807, 2.05) is 14.1 Å². The van der Waals surface area contributed by atoms with Gasteiger partial charge in [-0.05, 0) is 32.9 Å². The van der Waals surface area contributed by atoms with Crippen molar-refractivity contribution >= 4 is 12.0 Å². The lowest BCUT2D eigenvalue weighted by Gasteiger charge is -2.32. The number of carbonyl (C=O) groups excluding carboxylic acids is 1. The summed E-state index contributed by atoms with van der Waals surface area (Å²) in [6, 6.07) is -0.362. The molecule has 0 bridgehead atoms. The van der Waals surface area contributed by atoms with E-state index >= 15 is 0 Å². The minimum Gasteiger partial charge on any atom is -0.479 e.